The van der Waals surface area contributed by atoms with Gasteiger partial charge in [0.2, 0.25) is 0 Å². The van der Waals surface area contributed by atoms with Gasteiger partial charge < -0.3 is 5.32 Å². The number of nitrogens with zero attached hydrogens (tertiary/aromatic N) is 2. The highest BCUT2D eigenvalue weighted by Gasteiger charge is 2.21. The quantitative estimate of drug-likeness (QED) is 0.826. The van der Waals surface area contributed by atoms with E-state index in [1.54, 1.807) is 11.3 Å². The van der Waals surface area contributed by atoms with E-state index in [-0.39, 0.29) is 6.04 Å². The van der Waals surface area contributed by atoms with Crippen molar-refractivity contribution in [3.8, 4) is 0 Å². The molecule has 98 valence electrons. The van der Waals surface area contributed by atoms with Gasteiger partial charge in [-0.2, -0.15) is 5.10 Å². The van der Waals surface area contributed by atoms with Crippen molar-refractivity contribution in [1.29, 1.82) is 0 Å². The Balaban J connectivity index is 2.41. The Kier molecular flexibility index (Phi) is 5.00. The molecule has 2 aromatic rings. The summed E-state index contributed by atoms with van der Waals surface area (Å²) in [5.41, 5.74) is 1.19. The van der Waals surface area contributed by atoms with E-state index < -0.39 is 0 Å². The highest BCUT2D eigenvalue weighted by molar-refractivity contribution is 9.11. The van der Waals surface area contributed by atoms with Gasteiger partial charge in [0.25, 0.3) is 0 Å². The number of hydrogen-bond donors (Lipinski definition) is 1. The number of aryl methyl sites for hydroxylation is 1. The molecule has 0 bridgehead atoms. The summed E-state index contributed by atoms with van der Waals surface area (Å²) in [7, 11) is 1.98. The summed E-state index contributed by atoms with van der Waals surface area (Å²) in [6.07, 6.45) is 2.95. The second-order valence-corrected chi connectivity index (χ2v) is 7.31. The summed E-state index contributed by atoms with van der Waals surface area (Å²) in [5.74, 6) is 0. The van der Waals surface area contributed by atoms with Crippen molar-refractivity contribution in [3.05, 3.63) is 37.2 Å². The SMILES string of the molecule is CCCn1ncc(Br)c1C(NC)c1ccc(Br)s1. The summed E-state index contributed by atoms with van der Waals surface area (Å²) in [6, 6.07) is 4.40. The molecule has 2 aromatic heterocycles. The first kappa shape index (κ1) is 14.2. The van der Waals surface area contributed by atoms with Crippen LogP contribution in [0.15, 0.2) is 26.6 Å². The molecule has 2 rings (SSSR count). The van der Waals surface area contributed by atoms with Crippen LogP contribution in [0.5, 0.6) is 0 Å². The van der Waals surface area contributed by atoms with Gasteiger partial charge in [-0.25, -0.2) is 0 Å². The van der Waals surface area contributed by atoms with Crippen LogP contribution < -0.4 is 5.32 Å². The molecule has 2 heterocycles. The van der Waals surface area contributed by atoms with Gasteiger partial charge in [-0.15, -0.1) is 11.3 Å². The van der Waals surface area contributed by atoms with Gasteiger partial charge in [0.05, 0.1) is 26.2 Å². The average molecular weight is 393 g/mol. The van der Waals surface area contributed by atoms with Crippen LogP contribution in [0.4, 0.5) is 0 Å². The van der Waals surface area contributed by atoms with Gasteiger partial charge in [0.1, 0.15) is 0 Å². The topological polar surface area (TPSA) is 29.9 Å². The van der Waals surface area contributed by atoms with Gasteiger partial charge >= 0.3 is 0 Å². The van der Waals surface area contributed by atoms with E-state index in [1.807, 2.05) is 13.2 Å². The van der Waals surface area contributed by atoms with Crippen LogP contribution in [-0.4, -0.2) is 16.8 Å². The summed E-state index contributed by atoms with van der Waals surface area (Å²) < 4.78 is 4.27. The molecule has 1 N–H and O–H groups in total. The van der Waals surface area contributed by atoms with Crippen molar-refractivity contribution in [2.24, 2.45) is 0 Å². The number of hydrogen-bond acceptors (Lipinski definition) is 3. The second-order valence-electron chi connectivity index (χ2n) is 3.96. The van der Waals surface area contributed by atoms with Gasteiger partial charge in [0, 0.05) is 11.4 Å². The molecule has 0 aliphatic carbocycles. The fourth-order valence-electron chi connectivity index (χ4n) is 1.95. The van der Waals surface area contributed by atoms with Gasteiger partial charge in [-0.05, 0) is 57.5 Å². The first-order chi connectivity index (χ1) is 8.67. The van der Waals surface area contributed by atoms with Crippen LogP contribution in [0.1, 0.15) is 30.0 Å². The minimum absolute atomic E-state index is 0.171. The molecule has 0 saturated carbocycles. The molecule has 0 aromatic carbocycles. The molecular weight excluding hydrogens is 378 g/mol. The first-order valence-corrected chi connectivity index (χ1v) is 8.21. The minimum atomic E-state index is 0.171. The van der Waals surface area contributed by atoms with E-state index in [0.29, 0.717) is 0 Å². The Bertz CT molecular complexity index is 521. The number of nitrogens with one attached hydrogen (secondary N) is 1. The zero-order valence-electron chi connectivity index (χ0n) is 10.3. The van der Waals surface area contributed by atoms with Crippen LogP contribution in [0.25, 0.3) is 0 Å². The zero-order valence-corrected chi connectivity index (χ0v) is 14.3. The summed E-state index contributed by atoms with van der Waals surface area (Å²) in [6.45, 7) is 3.10. The zero-order chi connectivity index (χ0) is 13.1. The van der Waals surface area contributed by atoms with Crippen LogP contribution in [-0.2, 0) is 6.54 Å². The van der Waals surface area contributed by atoms with Crippen molar-refractivity contribution >= 4 is 43.2 Å². The van der Waals surface area contributed by atoms with Crippen molar-refractivity contribution in [2.75, 3.05) is 7.05 Å². The second kappa shape index (κ2) is 6.32. The van der Waals surface area contributed by atoms with Crippen LogP contribution in [0.2, 0.25) is 0 Å². The predicted octanol–water partition coefficient (Wildman–Crippen LogP) is 4.19. The maximum Gasteiger partial charge on any atom is 0.0851 e. The molecule has 0 spiro atoms. The molecule has 0 fully saturated rings. The van der Waals surface area contributed by atoms with E-state index in [2.05, 4.69) is 66.0 Å². The van der Waals surface area contributed by atoms with Gasteiger partial charge in [-0.1, -0.05) is 6.92 Å². The van der Waals surface area contributed by atoms with Crippen LogP contribution in [0, 0.1) is 0 Å². The monoisotopic (exact) mass is 391 g/mol. The normalized spacial score (nSPS) is 12.9. The van der Waals surface area contributed by atoms with Crippen LogP contribution in [0.3, 0.4) is 0 Å². The lowest BCUT2D eigenvalue weighted by atomic mass is 10.1. The molecule has 0 aliphatic rings. The Hall–Kier alpha value is -0.170. The number of halogens is 2. The molecule has 3 nitrogen and oxygen atoms in total. The smallest absolute Gasteiger partial charge is 0.0851 e. The number of rotatable bonds is 5. The van der Waals surface area contributed by atoms with Crippen molar-refractivity contribution in [1.82, 2.24) is 15.1 Å². The molecular formula is C12H15Br2N3S. The van der Waals surface area contributed by atoms with E-state index in [9.17, 15) is 0 Å². The fourth-order valence-corrected chi connectivity index (χ4v) is 4.01. The lowest BCUT2D eigenvalue weighted by Gasteiger charge is -2.17. The third-order valence-electron chi connectivity index (χ3n) is 2.71. The summed E-state index contributed by atoms with van der Waals surface area (Å²) >= 11 is 8.87. The largest absolute Gasteiger partial charge is 0.307 e. The van der Waals surface area contributed by atoms with E-state index in [0.717, 1.165) is 21.2 Å². The maximum atomic E-state index is 4.43. The average Bonchev–Trinajstić information content (AvgIpc) is 2.91. The highest BCUT2D eigenvalue weighted by Crippen LogP contribution is 2.34. The van der Waals surface area contributed by atoms with Gasteiger partial charge in [0.15, 0.2) is 0 Å². The van der Waals surface area contributed by atoms with Crippen molar-refractivity contribution in [3.63, 3.8) is 0 Å². The summed E-state index contributed by atoms with van der Waals surface area (Å²) in [5, 5.41) is 7.80. The van der Waals surface area contributed by atoms with Crippen LogP contribution >= 0.6 is 43.2 Å². The first-order valence-electron chi connectivity index (χ1n) is 5.81. The number of thiophene rings is 1. The summed E-state index contributed by atoms with van der Waals surface area (Å²) in [4.78, 5) is 1.28. The predicted molar refractivity (Wildman–Crippen MR) is 83.1 cm³/mol. The lowest BCUT2D eigenvalue weighted by molar-refractivity contribution is 0.536. The molecule has 1 atom stereocenters. The third kappa shape index (κ3) is 2.87. The standard InChI is InChI=1S/C12H15Br2N3S/c1-3-6-17-12(8(13)7-16-17)11(15-2)9-4-5-10(14)18-9/h4-5,7,11,15H,3,6H2,1-2H3. The van der Waals surface area contributed by atoms with E-state index >= 15 is 0 Å². The Labute approximate surface area is 128 Å². The molecule has 0 aliphatic heterocycles. The number of aromatic nitrogens is 2. The Morgan fingerprint density at radius 3 is 2.78 bits per heavy atom. The third-order valence-corrected chi connectivity index (χ3v) is 5.01. The highest BCUT2D eigenvalue weighted by atomic mass is 79.9. The Morgan fingerprint density at radius 2 is 2.22 bits per heavy atom. The molecule has 0 radical (unpaired) electrons. The molecule has 0 amide bonds. The van der Waals surface area contributed by atoms with Crippen molar-refractivity contribution in [2.45, 2.75) is 25.9 Å². The Morgan fingerprint density at radius 1 is 1.44 bits per heavy atom. The fraction of sp³-hybridized carbons (Fsp3) is 0.417. The molecule has 18 heavy (non-hydrogen) atoms. The minimum Gasteiger partial charge on any atom is -0.307 e. The van der Waals surface area contributed by atoms with Gasteiger partial charge in [-0.3, -0.25) is 4.68 Å². The van der Waals surface area contributed by atoms with E-state index in [4.69, 9.17) is 0 Å². The lowest BCUT2D eigenvalue weighted by Crippen LogP contribution is -2.21. The maximum absolute atomic E-state index is 4.43. The van der Waals surface area contributed by atoms with E-state index in [1.165, 1.54) is 10.6 Å². The molecule has 1 unspecified atom stereocenters. The van der Waals surface area contributed by atoms with Crippen molar-refractivity contribution < 1.29 is 0 Å². The molecule has 6 heteroatoms. The molecule has 0 saturated heterocycles.